The van der Waals surface area contributed by atoms with Crippen molar-refractivity contribution in [3.05, 3.63) is 71.9 Å². The van der Waals surface area contributed by atoms with E-state index >= 15 is 0 Å². The van der Waals surface area contributed by atoms with Crippen LogP contribution in [0.1, 0.15) is 43.4 Å². The molecular weight excluding hydrogens is 497 g/mol. The first-order chi connectivity index (χ1) is 18.2. The minimum Gasteiger partial charge on any atom is -0.489 e. The maximum atomic E-state index is 13.8. The molecule has 0 aliphatic carbocycles. The van der Waals surface area contributed by atoms with Crippen LogP contribution >= 0.6 is 0 Å². The number of rotatable bonds is 7. The van der Waals surface area contributed by atoms with Crippen LogP contribution < -0.4 is 10.1 Å². The molecule has 1 unspecified atom stereocenters. The van der Waals surface area contributed by atoms with Gasteiger partial charge in [-0.15, -0.1) is 0 Å². The molecule has 2 aliphatic heterocycles. The third-order valence-corrected chi connectivity index (χ3v) is 7.53. The highest BCUT2D eigenvalue weighted by atomic mass is 19.4. The molecule has 2 aliphatic rings. The molecule has 2 aromatic carbocycles. The Morgan fingerprint density at radius 2 is 1.95 bits per heavy atom. The van der Waals surface area contributed by atoms with Crippen LogP contribution in [0.2, 0.25) is 0 Å². The van der Waals surface area contributed by atoms with E-state index in [1.807, 2.05) is 37.3 Å². The van der Waals surface area contributed by atoms with Crippen LogP contribution in [0.3, 0.4) is 0 Å². The Morgan fingerprint density at radius 3 is 2.63 bits per heavy atom. The second kappa shape index (κ2) is 10.8. The van der Waals surface area contributed by atoms with Gasteiger partial charge >= 0.3 is 6.18 Å². The number of aromatic amines is 1. The van der Waals surface area contributed by atoms with Gasteiger partial charge in [-0.1, -0.05) is 30.3 Å². The summed E-state index contributed by atoms with van der Waals surface area (Å²) >= 11 is 0. The predicted molar refractivity (Wildman–Crippen MR) is 135 cm³/mol. The fraction of sp³-hybridized carbons (Fsp3) is 0.429. The molecule has 2 N–H and O–H groups in total. The van der Waals surface area contributed by atoms with Crippen LogP contribution in [0.4, 0.5) is 13.2 Å². The number of aromatic nitrogens is 2. The fourth-order valence-electron chi connectivity index (χ4n) is 5.33. The molecule has 3 aromatic rings. The first-order valence-corrected chi connectivity index (χ1v) is 12.8. The lowest BCUT2D eigenvalue weighted by molar-refractivity contribution is -0.141. The number of hydrogen-bond donors (Lipinski definition) is 2. The molecule has 0 bridgehead atoms. The van der Waals surface area contributed by atoms with Crippen molar-refractivity contribution >= 4 is 5.91 Å². The van der Waals surface area contributed by atoms with Gasteiger partial charge in [0.2, 0.25) is 5.91 Å². The van der Waals surface area contributed by atoms with Gasteiger partial charge in [0.1, 0.15) is 17.4 Å². The van der Waals surface area contributed by atoms with Gasteiger partial charge in [0.15, 0.2) is 0 Å². The zero-order valence-electron chi connectivity index (χ0n) is 21.1. The van der Waals surface area contributed by atoms with E-state index in [2.05, 4.69) is 20.4 Å². The number of H-pyrrole nitrogens is 1. The summed E-state index contributed by atoms with van der Waals surface area (Å²) in [5.74, 6) is 0.120. The monoisotopic (exact) mass is 528 g/mol. The number of hydrogen-bond acceptors (Lipinski definition) is 5. The lowest BCUT2D eigenvalue weighted by Gasteiger charge is -2.43. The number of alkyl halides is 3. The molecule has 2 atom stereocenters. The molecule has 2 fully saturated rings. The van der Waals surface area contributed by atoms with Crippen molar-refractivity contribution in [1.82, 2.24) is 20.4 Å². The fourth-order valence-corrected chi connectivity index (χ4v) is 5.33. The smallest absolute Gasteiger partial charge is 0.416 e. The molecule has 0 spiro atoms. The molecule has 0 radical (unpaired) electrons. The van der Waals surface area contributed by atoms with Crippen LogP contribution in [0.25, 0.3) is 11.3 Å². The Kier molecular flexibility index (Phi) is 7.45. The number of carbonyl (C=O) groups excluding carboxylic acids is 1. The molecule has 38 heavy (non-hydrogen) atoms. The summed E-state index contributed by atoms with van der Waals surface area (Å²) in [6.07, 6.45) is -1.33. The summed E-state index contributed by atoms with van der Waals surface area (Å²) in [5.41, 5.74) is 1.42. The molecule has 1 aromatic heterocycles. The van der Waals surface area contributed by atoms with Gasteiger partial charge in [0, 0.05) is 32.5 Å². The molecule has 7 nitrogen and oxygen atoms in total. The molecule has 2 saturated heterocycles. The minimum absolute atomic E-state index is 0.0642. The van der Waals surface area contributed by atoms with Gasteiger partial charge in [-0.05, 0) is 61.6 Å². The van der Waals surface area contributed by atoms with Gasteiger partial charge in [-0.25, -0.2) is 0 Å². The zero-order chi connectivity index (χ0) is 26.8. The Labute approximate surface area is 219 Å². The van der Waals surface area contributed by atoms with Crippen LogP contribution in [-0.2, 0) is 15.7 Å². The molecule has 0 saturated carbocycles. The maximum Gasteiger partial charge on any atom is 0.416 e. The van der Waals surface area contributed by atoms with E-state index in [0.29, 0.717) is 45.6 Å². The van der Waals surface area contributed by atoms with Crippen molar-refractivity contribution in [2.24, 2.45) is 0 Å². The van der Waals surface area contributed by atoms with E-state index in [1.165, 1.54) is 12.1 Å². The standard InChI is InChI=1S/C28H31F3N4O3/c1-19(20-5-7-21(8-6-20)25-9-13-32-34-25)33-26(36)27(11-15-37-16-12-27)35-14-10-24(18-35)38-23-4-2-3-22(17-23)28(29,30)31/h2-9,13,17,19,24H,10-12,14-16,18H2,1H3,(H,32,34)(H,33,36)/t19-,24?/m0/s1. The summed E-state index contributed by atoms with van der Waals surface area (Å²) in [7, 11) is 0. The lowest BCUT2D eigenvalue weighted by Crippen LogP contribution is -2.61. The average Bonchev–Trinajstić information content (AvgIpc) is 3.62. The number of benzene rings is 2. The molecule has 5 rings (SSSR count). The predicted octanol–water partition coefficient (Wildman–Crippen LogP) is 4.98. The number of nitrogens with one attached hydrogen (secondary N) is 2. The Hall–Kier alpha value is -3.37. The molecule has 3 heterocycles. The van der Waals surface area contributed by atoms with Gasteiger partial charge in [0.05, 0.1) is 17.3 Å². The van der Waals surface area contributed by atoms with Gasteiger partial charge in [-0.2, -0.15) is 18.3 Å². The van der Waals surface area contributed by atoms with Crippen molar-refractivity contribution in [2.75, 3.05) is 26.3 Å². The van der Waals surface area contributed by atoms with Gasteiger partial charge < -0.3 is 14.8 Å². The van der Waals surface area contributed by atoms with Crippen molar-refractivity contribution in [2.45, 2.75) is 50.0 Å². The molecule has 202 valence electrons. The number of carbonyl (C=O) groups is 1. The van der Waals surface area contributed by atoms with Crippen LogP contribution in [0.15, 0.2) is 60.8 Å². The third-order valence-electron chi connectivity index (χ3n) is 7.53. The third kappa shape index (κ3) is 5.56. The number of nitrogens with zero attached hydrogens (tertiary/aromatic N) is 2. The van der Waals surface area contributed by atoms with E-state index in [1.54, 1.807) is 6.20 Å². The van der Waals surface area contributed by atoms with Gasteiger partial charge in [0.25, 0.3) is 0 Å². The van der Waals surface area contributed by atoms with Crippen LogP contribution in [0, 0.1) is 0 Å². The molecular formula is C28H31F3N4O3. The van der Waals surface area contributed by atoms with E-state index in [-0.39, 0.29) is 23.8 Å². The number of ether oxygens (including phenoxy) is 2. The van der Waals surface area contributed by atoms with E-state index in [9.17, 15) is 18.0 Å². The second-order valence-corrected chi connectivity index (χ2v) is 9.93. The Balaban J connectivity index is 1.26. The highest BCUT2D eigenvalue weighted by molar-refractivity contribution is 5.87. The normalized spacial score (nSPS) is 20.7. The van der Waals surface area contributed by atoms with Crippen molar-refractivity contribution in [3.8, 4) is 17.0 Å². The van der Waals surface area contributed by atoms with E-state index in [4.69, 9.17) is 9.47 Å². The average molecular weight is 529 g/mol. The summed E-state index contributed by atoms with van der Waals surface area (Å²) in [6, 6.07) is 14.6. The summed E-state index contributed by atoms with van der Waals surface area (Å²) < 4.78 is 50.9. The number of likely N-dealkylation sites (tertiary alicyclic amines) is 1. The Bertz CT molecular complexity index is 1220. The van der Waals surface area contributed by atoms with Crippen molar-refractivity contribution in [1.29, 1.82) is 0 Å². The number of amides is 1. The first-order valence-electron chi connectivity index (χ1n) is 12.8. The second-order valence-electron chi connectivity index (χ2n) is 9.93. The highest BCUT2D eigenvalue weighted by Crippen LogP contribution is 2.35. The topological polar surface area (TPSA) is 79.5 Å². The Morgan fingerprint density at radius 1 is 1.18 bits per heavy atom. The van der Waals surface area contributed by atoms with Crippen LogP contribution in [0.5, 0.6) is 5.75 Å². The highest BCUT2D eigenvalue weighted by Gasteiger charge is 2.48. The quantitative estimate of drug-likeness (QED) is 0.453. The first kappa shape index (κ1) is 26.2. The molecule has 10 heteroatoms. The summed E-state index contributed by atoms with van der Waals surface area (Å²) in [6.45, 7) is 3.97. The summed E-state index contributed by atoms with van der Waals surface area (Å²) in [4.78, 5) is 15.9. The van der Waals surface area contributed by atoms with E-state index in [0.717, 1.165) is 29.0 Å². The maximum absolute atomic E-state index is 13.8. The zero-order valence-corrected chi connectivity index (χ0v) is 21.1. The van der Waals surface area contributed by atoms with Crippen LogP contribution in [-0.4, -0.2) is 59.0 Å². The molecule has 1 amide bonds. The van der Waals surface area contributed by atoms with Gasteiger partial charge in [-0.3, -0.25) is 14.8 Å². The van der Waals surface area contributed by atoms with Crippen molar-refractivity contribution in [3.63, 3.8) is 0 Å². The van der Waals surface area contributed by atoms with E-state index < -0.39 is 17.3 Å². The van der Waals surface area contributed by atoms with Crippen molar-refractivity contribution < 1.29 is 27.4 Å². The lowest BCUT2D eigenvalue weighted by atomic mass is 9.86. The number of halogens is 3. The largest absolute Gasteiger partial charge is 0.489 e. The summed E-state index contributed by atoms with van der Waals surface area (Å²) in [5, 5.41) is 10.1. The minimum atomic E-state index is -4.43. The SMILES string of the molecule is C[C@H](NC(=O)C1(N2CCC(Oc3cccc(C(F)(F)F)c3)C2)CCOCC1)c1ccc(-c2ccn[nH]2)cc1.